The highest BCUT2D eigenvalue weighted by Crippen LogP contribution is 2.56. The van der Waals surface area contributed by atoms with Gasteiger partial charge in [0.2, 0.25) is 15.5 Å². The number of hydrogen-bond acceptors (Lipinski definition) is 4. The van der Waals surface area contributed by atoms with Crippen molar-refractivity contribution in [1.82, 2.24) is 9.62 Å². The number of ether oxygens (including phenoxy) is 1. The third-order valence-electron chi connectivity index (χ3n) is 7.43. The molecule has 1 saturated carbocycles. The molecule has 1 amide bonds. The van der Waals surface area contributed by atoms with E-state index in [-0.39, 0.29) is 30.0 Å². The molecule has 1 aliphatic carbocycles. The van der Waals surface area contributed by atoms with E-state index < -0.39 is 50.8 Å². The summed E-state index contributed by atoms with van der Waals surface area (Å²) < 4.78 is 77.0. The smallest absolute Gasteiger partial charge is 0.252 e. The number of halogens is 3. The summed E-state index contributed by atoms with van der Waals surface area (Å²) in [6, 6.07) is 9.08. The van der Waals surface area contributed by atoms with Crippen LogP contribution in [0.4, 0.5) is 13.2 Å². The number of nitrogens with one attached hydrogen (secondary N) is 1. The maximum atomic E-state index is 15.7. The Labute approximate surface area is 202 Å². The van der Waals surface area contributed by atoms with Gasteiger partial charge in [-0.2, -0.15) is 0 Å². The van der Waals surface area contributed by atoms with Gasteiger partial charge in [-0.1, -0.05) is 30.3 Å². The Morgan fingerprint density at radius 1 is 1.23 bits per heavy atom. The van der Waals surface area contributed by atoms with Gasteiger partial charge in [-0.05, 0) is 49.4 Å². The zero-order chi connectivity index (χ0) is 25.0. The molecule has 35 heavy (non-hydrogen) atoms. The van der Waals surface area contributed by atoms with Crippen molar-refractivity contribution >= 4 is 15.9 Å². The molecule has 10 heteroatoms. The average Bonchev–Trinajstić information content (AvgIpc) is 3.50. The molecule has 6 nitrogen and oxygen atoms in total. The first-order chi connectivity index (χ1) is 16.6. The van der Waals surface area contributed by atoms with Crippen LogP contribution >= 0.6 is 0 Å². The number of amides is 1. The van der Waals surface area contributed by atoms with Crippen molar-refractivity contribution in [2.45, 2.75) is 56.3 Å². The summed E-state index contributed by atoms with van der Waals surface area (Å²) in [6.07, 6.45) is 1.07. The van der Waals surface area contributed by atoms with E-state index in [1.54, 1.807) is 30.3 Å². The lowest BCUT2D eigenvalue weighted by molar-refractivity contribution is -0.157. The second-order valence-corrected chi connectivity index (χ2v) is 11.7. The number of rotatable bonds is 7. The zero-order valence-electron chi connectivity index (χ0n) is 19.2. The monoisotopic (exact) mass is 508 g/mol. The summed E-state index contributed by atoms with van der Waals surface area (Å²) in [4.78, 5) is 14.7. The second-order valence-electron chi connectivity index (χ2n) is 9.72. The van der Waals surface area contributed by atoms with Crippen LogP contribution in [-0.4, -0.2) is 56.1 Å². The largest absolute Gasteiger partial charge is 0.368 e. The molecule has 0 radical (unpaired) electrons. The Kier molecular flexibility index (Phi) is 6.17. The number of carbonyl (C=O) groups excluding carboxylic acids is 1. The molecule has 1 N–H and O–H groups in total. The predicted octanol–water partition coefficient (Wildman–Crippen LogP) is 3.56. The third-order valence-corrected chi connectivity index (χ3v) is 8.86. The Morgan fingerprint density at radius 2 is 1.91 bits per heavy atom. The van der Waals surface area contributed by atoms with Gasteiger partial charge in [0, 0.05) is 30.0 Å². The van der Waals surface area contributed by atoms with Gasteiger partial charge >= 0.3 is 0 Å². The van der Waals surface area contributed by atoms with E-state index in [9.17, 15) is 22.0 Å². The lowest BCUT2D eigenvalue weighted by Gasteiger charge is -2.34. The lowest BCUT2D eigenvalue weighted by atomic mass is 9.91. The molecule has 2 aromatic carbocycles. The number of alkyl halides is 1. The van der Waals surface area contributed by atoms with E-state index in [0.717, 1.165) is 19.1 Å². The fourth-order valence-electron chi connectivity index (χ4n) is 5.18. The van der Waals surface area contributed by atoms with E-state index >= 15 is 4.39 Å². The van der Waals surface area contributed by atoms with Gasteiger partial charge in [-0.15, -0.1) is 0 Å². The summed E-state index contributed by atoms with van der Waals surface area (Å²) in [5.74, 6) is -1.58. The van der Waals surface area contributed by atoms with Crippen LogP contribution in [0.25, 0.3) is 11.1 Å². The van der Waals surface area contributed by atoms with E-state index in [1.165, 1.54) is 4.90 Å². The van der Waals surface area contributed by atoms with Crippen LogP contribution in [-0.2, 0) is 26.0 Å². The average molecular weight is 509 g/mol. The van der Waals surface area contributed by atoms with Crippen molar-refractivity contribution in [3.63, 3.8) is 0 Å². The van der Waals surface area contributed by atoms with Crippen LogP contribution in [0.15, 0.2) is 42.5 Å². The Balaban J connectivity index is 1.54. The molecule has 5 rings (SSSR count). The predicted molar refractivity (Wildman–Crippen MR) is 123 cm³/mol. The van der Waals surface area contributed by atoms with E-state index in [2.05, 4.69) is 4.72 Å². The molecule has 188 valence electrons. The van der Waals surface area contributed by atoms with Crippen LogP contribution in [0.2, 0.25) is 0 Å². The summed E-state index contributed by atoms with van der Waals surface area (Å²) in [5.41, 5.74) is -2.12. The van der Waals surface area contributed by atoms with Gasteiger partial charge in [0.05, 0.1) is 12.6 Å². The van der Waals surface area contributed by atoms with Crippen molar-refractivity contribution < 1.29 is 31.1 Å². The highest BCUT2D eigenvalue weighted by atomic mass is 32.2. The maximum Gasteiger partial charge on any atom is 0.252 e. The number of nitrogens with zero attached hydrogens (tertiary/aromatic N) is 1. The van der Waals surface area contributed by atoms with Crippen LogP contribution in [0.1, 0.15) is 31.7 Å². The molecule has 2 saturated heterocycles. The van der Waals surface area contributed by atoms with Crippen molar-refractivity contribution in [2.75, 3.05) is 13.2 Å². The minimum atomic E-state index is -4.32. The zero-order valence-corrected chi connectivity index (χ0v) is 20.0. The van der Waals surface area contributed by atoms with Gasteiger partial charge in [-0.3, -0.25) is 4.79 Å². The minimum absolute atomic E-state index is 0.0244. The number of sulfonamides is 1. The van der Waals surface area contributed by atoms with Crippen LogP contribution in [0, 0.1) is 17.0 Å². The van der Waals surface area contributed by atoms with Gasteiger partial charge in [0.1, 0.15) is 17.7 Å². The Morgan fingerprint density at radius 3 is 2.49 bits per heavy atom. The number of benzene rings is 2. The van der Waals surface area contributed by atoms with Crippen molar-refractivity contribution in [2.24, 2.45) is 5.41 Å². The van der Waals surface area contributed by atoms with Crippen molar-refractivity contribution in [1.29, 1.82) is 0 Å². The van der Waals surface area contributed by atoms with Crippen LogP contribution in [0.5, 0.6) is 0 Å². The fourth-order valence-corrected chi connectivity index (χ4v) is 6.13. The third kappa shape index (κ3) is 4.47. The molecule has 2 aromatic rings. The number of hydrogen-bond donors (Lipinski definition) is 1. The molecule has 0 bridgehead atoms. The number of likely N-dealkylation sites (tertiary alicyclic amines) is 1. The lowest BCUT2D eigenvalue weighted by Crippen LogP contribution is -2.53. The summed E-state index contributed by atoms with van der Waals surface area (Å²) in [6.45, 7) is 1.64. The molecule has 2 aliphatic heterocycles. The van der Waals surface area contributed by atoms with Crippen molar-refractivity contribution in [3.05, 3.63) is 59.7 Å². The summed E-state index contributed by atoms with van der Waals surface area (Å²) in [7, 11) is -4.32. The first kappa shape index (κ1) is 24.3. The van der Waals surface area contributed by atoms with E-state index in [0.29, 0.717) is 31.4 Å². The van der Waals surface area contributed by atoms with Crippen LogP contribution < -0.4 is 4.72 Å². The Hall–Kier alpha value is -2.43. The Bertz CT molecular complexity index is 1230. The molecule has 3 aliphatic rings. The molecule has 1 spiro atoms. The van der Waals surface area contributed by atoms with Crippen molar-refractivity contribution in [3.8, 4) is 11.1 Å². The van der Waals surface area contributed by atoms with Gasteiger partial charge in [-0.25, -0.2) is 26.3 Å². The maximum absolute atomic E-state index is 15.7. The first-order valence-corrected chi connectivity index (χ1v) is 13.3. The molecule has 0 aromatic heterocycles. The van der Waals surface area contributed by atoms with Gasteiger partial charge in [0.15, 0.2) is 0 Å². The highest BCUT2D eigenvalue weighted by molar-refractivity contribution is 7.89. The highest BCUT2D eigenvalue weighted by Gasteiger charge is 2.62. The van der Waals surface area contributed by atoms with Gasteiger partial charge < -0.3 is 9.64 Å². The van der Waals surface area contributed by atoms with Gasteiger partial charge in [0.25, 0.3) is 5.91 Å². The fraction of sp³-hybridized carbons (Fsp3) is 0.480. The summed E-state index contributed by atoms with van der Waals surface area (Å²) >= 11 is 0. The SMILES string of the molecule is CC(F)S(=O)(=O)N[C@@H]1[C@H](Cc2cc(F)cc(-c3ccccc3)c2F)N(C(=O)[C@H]2CCO2)CC12CC2. The van der Waals surface area contributed by atoms with Crippen LogP contribution in [0.3, 0.4) is 0 Å². The first-order valence-electron chi connectivity index (χ1n) is 11.7. The molecule has 2 heterocycles. The molecule has 3 fully saturated rings. The molecule has 4 atom stereocenters. The quantitative estimate of drug-likeness (QED) is 0.621. The van der Waals surface area contributed by atoms with E-state index in [1.807, 2.05) is 0 Å². The van der Waals surface area contributed by atoms with E-state index in [4.69, 9.17) is 4.74 Å². The molecular weight excluding hydrogens is 481 g/mol. The standard InChI is InChI=1S/C25H27F3N2O4S/c1-15(26)35(32,33)29-23-20(30(14-25(23)8-9-25)24(31)21-7-10-34-21)12-17-11-18(27)13-19(22(17)28)16-5-3-2-4-6-16/h2-6,11,13,15,20-21,23,29H,7-10,12,14H2,1H3/t15?,20-,21+,23+/m0/s1. The molecule has 1 unspecified atom stereocenters. The molecular formula is C25H27F3N2O4S. The normalized spacial score (nSPS) is 25.9. The topological polar surface area (TPSA) is 75.7 Å². The second kappa shape index (κ2) is 8.90. The minimum Gasteiger partial charge on any atom is -0.368 e. The summed E-state index contributed by atoms with van der Waals surface area (Å²) in [5, 5.41) is 0. The number of carbonyl (C=O) groups is 1.